The van der Waals surface area contributed by atoms with E-state index in [0.29, 0.717) is 17.7 Å². The van der Waals surface area contributed by atoms with Crippen LogP contribution in [0.5, 0.6) is 0 Å². The second kappa shape index (κ2) is 8.28. The predicted octanol–water partition coefficient (Wildman–Crippen LogP) is 3.68. The first kappa shape index (κ1) is 22.1. The van der Waals surface area contributed by atoms with Gasteiger partial charge in [-0.3, -0.25) is 4.79 Å². The van der Waals surface area contributed by atoms with Crippen LogP contribution in [0.1, 0.15) is 24.2 Å². The number of nitrogens with zero attached hydrogens (tertiary/aromatic N) is 5. The summed E-state index contributed by atoms with van der Waals surface area (Å²) in [6.45, 7) is 2.75. The van der Waals surface area contributed by atoms with Crippen LogP contribution in [-0.2, 0) is 10.9 Å². The molecule has 34 heavy (non-hydrogen) atoms. The number of hydrogen-bond donors (Lipinski definition) is 1. The lowest BCUT2D eigenvalue weighted by atomic mass is 10.1. The summed E-state index contributed by atoms with van der Waals surface area (Å²) in [4.78, 5) is 18.1. The Morgan fingerprint density at radius 2 is 1.97 bits per heavy atom. The highest BCUT2D eigenvalue weighted by Gasteiger charge is 2.39. The number of anilines is 1. The van der Waals surface area contributed by atoms with Gasteiger partial charge in [-0.05, 0) is 25.3 Å². The molecule has 0 spiro atoms. The van der Waals surface area contributed by atoms with Crippen molar-refractivity contribution in [1.29, 1.82) is 0 Å². The van der Waals surface area contributed by atoms with Crippen molar-refractivity contribution in [3.8, 4) is 22.6 Å². The second-order valence-corrected chi connectivity index (χ2v) is 8.11. The van der Waals surface area contributed by atoms with E-state index in [1.165, 1.54) is 12.1 Å². The number of aryl methyl sites for hydroxylation is 1. The van der Waals surface area contributed by atoms with Gasteiger partial charge in [0.25, 0.3) is 11.4 Å². The van der Waals surface area contributed by atoms with Crippen molar-refractivity contribution >= 4 is 11.7 Å². The van der Waals surface area contributed by atoms with Crippen LogP contribution in [0.4, 0.5) is 19.2 Å². The standard InChI is InChI=1S/C22H21F3N6O3/c1-12-15(19-27-28-21(34-19)30-10-6-9-14(30)11-33-2)20(32)31-18(26-12)16(13-7-4-3-5-8-13)17(29-31)22(23,24)25/h3-5,7-8,14,26H,6,9-11H2,1-2H3. The Hall–Kier alpha value is -3.67. The van der Waals surface area contributed by atoms with E-state index < -0.39 is 17.4 Å². The summed E-state index contributed by atoms with van der Waals surface area (Å²) in [5, 5.41) is 11.7. The van der Waals surface area contributed by atoms with Gasteiger partial charge in [0.1, 0.15) is 11.2 Å². The number of aromatic nitrogens is 5. The first-order valence-corrected chi connectivity index (χ1v) is 10.7. The number of alkyl halides is 3. The number of halogens is 3. The van der Waals surface area contributed by atoms with Crippen LogP contribution in [0.25, 0.3) is 28.2 Å². The lowest BCUT2D eigenvalue weighted by Gasteiger charge is -2.21. The van der Waals surface area contributed by atoms with Crippen LogP contribution < -0.4 is 10.5 Å². The van der Waals surface area contributed by atoms with Crippen molar-refractivity contribution in [2.24, 2.45) is 0 Å². The van der Waals surface area contributed by atoms with Gasteiger partial charge < -0.3 is 19.0 Å². The van der Waals surface area contributed by atoms with E-state index in [2.05, 4.69) is 20.3 Å². The molecule has 9 nitrogen and oxygen atoms in total. The molecular formula is C22H21F3N6O3. The Labute approximate surface area is 191 Å². The number of methoxy groups -OCH3 is 1. The SMILES string of the molecule is COCC1CCCN1c1nnc(-c2c(C)[nH]c3c(-c4ccccc4)c(C(F)(F)F)nn3c2=O)o1. The maximum absolute atomic E-state index is 13.9. The van der Waals surface area contributed by atoms with Gasteiger partial charge in [0.05, 0.1) is 18.2 Å². The smallest absolute Gasteiger partial charge is 0.403 e. The van der Waals surface area contributed by atoms with Gasteiger partial charge in [-0.15, -0.1) is 5.10 Å². The van der Waals surface area contributed by atoms with E-state index >= 15 is 0 Å². The molecule has 1 aliphatic heterocycles. The fraction of sp³-hybridized carbons (Fsp3) is 0.364. The third-order valence-electron chi connectivity index (χ3n) is 5.91. The molecule has 3 aromatic heterocycles. The molecule has 1 saturated heterocycles. The number of benzene rings is 1. The fourth-order valence-corrected chi connectivity index (χ4v) is 4.40. The summed E-state index contributed by atoms with van der Waals surface area (Å²) in [7, 11) is 1.61. The fourth-order valence-electron chi connectivity index (χ4n) is 4.40. The topological polar surface area (TPSA) is 102 Å². The Morgan fingerprint density at radius 3 is 2.68 bits per heavy atom. The van der Waals surface area contributed by atoms with Crippen LogP contribution >= 0.6 is 0 Å². The molecule has 0 radical (unpaired) electrons. The number of H-pyrrole nitrogens is 1. The molecule has 0 aliphatic carbocycles. The van der Waals surface area contributed by atoms with Crippen molar-refractivity contribution < 1.29 is 22.3 Å². The van der Waals surface area contributed by atoms with Gasteiger partial charge in [0, 0.05) is 19.3 Å². The van der Waals surface area contributed by atoms with E-state index in [9.17, 15) is 18.0 Å². The molecule has 1 unspecified atom stereocenters. The summed E-state index contributed by atoms with van der Waals surface area (Å²) in [5.74, 6) is -0.0935. The van der Waals surface area contributed by atoms with Gasteiger partial charge in [-0.25, -0.2) is 0 Å². The number of rotatable bonds is 5. The molecule has 4 aromatic rings. The molecule has 1 fully saturated rings. The van der Waals surface area contributed by atoms with Gasteiger partial charge in [0.15, 0.2) is 5.69 Å². The highest BCUT2D eigenvalue weighted by atomic mass is 19.4. The molecule has 12 heteroatoms. The number of fused-ring (bicyclic) bond motifs is 1. The van der Waals surface area contributed by atoms with E-state index in [1.54, 1.807) is 32.2 Å². The molecule has 1 atom stereocenters. The minimum Gasteiger partial charge on any atom is -0.403 e. The monoisotopic (exact) mass is 474 g/mol. The minimum atomic E-state index is -4.77. The summed E-state index contributed by atoms with van der Waals surface area (Å²) in [6, 6.07) is 8.29. The summed E-state index contributed by atoms with van der Waals surface area (Å²) in [5.41, 5.74) is -1.68. The summed E-state index contributed by atoms with van der Waals surface area (Å²) >= 11 is 0. The maximum atomic E-state index is 13.9. The van der Waals surface area contributed by atoms with E-state index in [-0.39, 0.29) is 46.0 Å². The lowest BCUT2D eigenvalue weighted by molar-refractivity contribution is -0.140. The molecule has 1 N–H and O–H groups in total. The quantitative estimate of drug-likeness (QED) is 0.471. The highest BCUT2D eigenvalue weighted by molar-refractivity contribution is 5.81. The van der Waals surface area contributed by atoms with Gasteiger partial charge in [-0.2, -0.15) is 22.8 Å². The van der Waals surface area contributed by atoms with Gasteiger partial charge in [0.2, 0.25) is 0 Å². The molecule has 0 saturated carbocycles. The predicted molar refractivity (Wildman–Crippen MR) is 117 cm³/mol. The maximum Gasteiger partial charge on any atom is 0.435 e. The second-order valence-electron chi connectivity index (χ2n) is 8.11. The average Bonchev–Trinajstić information content (AvgIpc) is 3.52. The van der Waals surface area contributed by atoms with Crippen molar-refractivity contribution in [3.05, 3.63) is 52.1 Å². The van der Waals surface area contributed by atoms with Crippen molar-refractivity contribution in [2.45, 2.75) is 32.0 Å². The van der Waals surface area contributed by atoms with E-state index in [4.69, 9.17) is 9.15 Å². The summed E-state index contributed by atoms with van der Waals surface area (Å²) in [6.07, 6.45) is -2.95. The van der Waals surface area contributed by atoms with Crippen molar-refractivity contribution in [3.63, 3.8) is 0 Å². The minimum absolute atomic E-state index is 0.0374. The number of aromatic amines is 1. The van der Waals surface area contributed by atoms with Crippen LogP contribution in [0.3, 0.4) is 0 Å². The average molecular weight is 474 g/mol. The lowest BCUT2D eigenvalue weighted by Crippen LogP contribution is -2.32. The Balaban J connectivity index is 1.65. The Morgan fingerprint density at radius 1 is 1.21 bits per heavy atom. The normalized spacial score (nSPS) is 16.6. The molecule has 1 aliphatic rings. The first-order chi connectivity index (χ1) is 16.3. The van der Waals surface area contributed by atoms with Crippen LogP contribution in [0.15, 0.2) is 39.5 Å². The zero-order valence-electron chi connectivity index (χ0n) is 18.4. The van der Waals surface area contributed by atoms with Crippen molar-refractivity contribution in [1.82, 2.24) is 24.8 Å². The molecule has 4 heterocycles. The van der Waals surface area contributed by atoms with Gasteiger partial charge >= 0.3 is 12.2 Å². The highest BCUT2D eigenvalue weighted by Crippen LogP contribution is 2.38. The third kappa shape index (κ3) is 3.63. The van der Waals surface area contributed by atoms with Crippen LogP contribution in [0, 0.1) is 6.92 Å². The Bertz CT molecular complexity index is 1390. The molecule has 0 bridgehead atoms. The van der Waals surface area contributed by atoms with E-state index in [1.807, 2.05) is 4.90 Å². The zero-order valence-corrected chi connectivity index (χ0v) is 18.4. The molecule has 5 rings (SSSR count). The molecule has 0 amide bonds. The molecule has 1 aromatic carbocycles. The number of nitrogens with one attached hydrogen (secondary N) is 1. The first-order valence-electron chi connectivity index (χ1n) is 10.7. The van der Waals surface area contributed by atoms with Crippen LogP contribution in [0.2, 0.25) is 0 Å². The van der Waals surface area contributed by atoms with Gasteiger partial charge in [-0.1, -0.05) is 35.4 Å². The number of hydrogen-bond acceptors (Lipinski definition) is 7. The largest absolute Gasteiger partial charge is 0.435 e. The third-order valence-corrected chi connectivity index (χ3v) is 5.91. The zero-order chi connectivity index (χ0) is 24.0. The number of ether oxygens (including phenoxy) is 1. The molecular weight excluding hydrogens is 453 g/mol. The van der Waals surface area contributed by atoms with Crippen molar-refractivity contribution in [2.75, 3.05) is 25.2 Å². The summed E-state index contributed by atoms with van der Waals surface area (Å²) < 4.78 is 53.3. The van der Waals surface area contributed by atoms with E-state index in [0.717, 1.165) is 12.8 Å². The molecule has 178 valence electrons. The van der Waals surface area contributed by atoms with Crippen LogP contribution in [-0.4, -0.2) is 51.1 Å². The Kier molecular flexibility index (Phi) is 5.39.